The molecule has 3 heterocycles. The van der Waals surface area contributed by atoms with Gasteiger partial charge in [0.15, 0.2) is 6.04 Å². The first kappa shape index (κ1) is 34.2. The molecule has 3 aliphatic heterocycles. The monoisotopic (exact) mass is 661 g/mol. The van der Waals surface area contributed by atoms with Crippen molar-refractivity contribution in [3.8, 4) is 0 Å². The maximum atomic E-state index is 13.6. The molecule has 0 radical (unpaired) electrons. The summed E-state index contributed by atoms with van der Waals surface area (Å²) in [6.07, 6.45) is 0.399. The molecule has 3 aromatic rings. The van der Waals surface area contributed by atoms with Gasteiger partial charge < -0.3 is 19.6 Å². The second kappa shape index (κ2) is 15.6. The number of fused-ring (bicyclic) bond motifs is 2. The number of halogens is 2. The summed E-state index contributed by atoms with van der Waals surface area (Å²) in [6.45, 7) is -0.786. The SMILES string of the molecule is O=C(O)[C@@H]1c2ccccc2CC(=O)N1CCCF.O=C1Cc2ccccc2[C@@H](C(=O)N2C(=O)OC[C@@H]2Cc2ccccc2)N1CCCF. The van der Waals surface area contributed by atoms with Crippen LogP contribution in [0.25, 0.3) is 0 Å². The molecule has 12 heteroatoms. The third kappa shape index (κ3) is 7.37. The Morgan fingerprint density at radius 3 is 1.77 bits per heavy atom. The molecular weight excluding hydrogens is 624 g/mol. The molecule has 3 atom stereocenters. The lowest BCUT2D eigenvalue weighted by Crippen LogP contribution is -2.51. The van der Waals surface area contributed by atoms with Crippen molar-refractivity contribution in [1.29, 1.82) is 0 Å². The van der Waals surface area contributed by atoms with Gasteiger partial charge in [0, 0.05) is 13.1 Å². The van der Waals surface area contributed by atoms with E-state index >= 15 is 0 Å². The van der Waals surface area contributed by atoms with Crippen LogP contribution in [0.1, 0.15) is 52.7 Å². The highest BCUT2D eigenvalue weighted by Crippen LogP contribution is 2.34. The number of amides is 4. The van der Waals surface area contributed by atoms with Gasteiger partial charge in [0.25, 0.3) is 5.91 Å². The summed E-state index contributed by atoms with van der Waals surface area (Å²) >= 11 is 0. The van der Waals surface area contributed by atoms with Crippen molar-refractivity contribution in [3.63, 3.8) is 0 Å². The fourth-order valence-corrected chi connectivity index (χ4v) is 6.48. The zero-order chi connectivity index (χ0) is 34.2. The van der Waals surface area contributed by atoms with E-state index in [0.29, 0.717) is 17.5 Å². The maximum absolute atomic E-state index is 13.6. The molecule has 3 aromatic carbocycles. The molecule has 3 aliphatic rings. The minimum Gasteiger partial charge on any atom is -0.479 e. The van der Waals surface area contributed by atoms with Crippen LogP contribution >= 0.6 is 0 Å². The van der Waals surface area contributed by atoms with Crippen LogP contribution in [0.2, 0.25) is 0 Å². The van der Waals surface area contributed by atoms with Crippen LogP contribution in [0, 0.1) is 0 Å². The molecule has 1 saturated heterocycles. The van der Waals surface area contributed by atoms with Gasteiger partial charge in [-0.3, -0.25) is 23.2 Å². The molecule has 0 aliphatic carbocycles. The summed E-state index contributed by atoms with van der Waals surface area (Å²) in [7, 11) is 0. The predicted molar refractivity (Wildman–Crippen MR) is 170 cm³/mol. The van der Waals surface area contributed by atoms with Crippen LogP contribution < -0.4 is 0 Å². The van der Waals surface area contributed by atoms with Gasteiger partial charge in [-0.15, -0.1) is 0 Å². The molecule has 6 rings (SSSR count). The second-order valence-electron chi connectivity index (χ2n) is 11.8. The highest BCUT2D eigenvalue weighted by molar-refractivity contribution is 6.00. The minimum atomic E-state index is -1.07. The minimum absolute atomic E-state index is 0.103. The van der Waals surface area contributed by atoms with E-state index in [1.807, 2.05) is 42.5 Å². The van der Waals surface area contributed by atoms with Gasteiger partial charge >= 0.3 is 12.1 Å². The summed E-state index contributed by atoms with van der Waals surface area (Å²) < 4.78 is 30.3. The number of alkyl halides is 2. The summed E-state index contributed by atoms with van der Waals surface area (Å²) in [5, 5.41) is 9.28. The maximum Gasteiger partial charge on any atom is 0.417 e. The lowest BCUT2D eigenvalue weighted by molar-refractivity contribution is -0.151. The summed E-state index contributed by atoms with van der Waals surface area (Å²) in [6, 6.07) is 21.4. The molecule has 1 N–H and O–H groups in total. The topological polar surface area (TPSA) is 125 Å². The Kier molecular flexibility index (Phi) is 11.1. The number of hydrogen-bond acceptors (Lipinski definition) is 6. The number of hydrogen-bond donors (Lipinski definition) is 1. The van der Waals surface area contributed by atoms with Crippen LogP contribution in [0.5, 0.6) is 0 Å². The van der Waals surface area contributed by atoms with Crippen molar-refractivity contribution < 1.29 is 42.6 Å². The molecule has 0 spiro atoms. The molecule has 0 unspecified atom stereocenters. The highest BCUT2D eigenvalue weighted by atomic mass is 19.1. The number of carboxylic acid groups (broad SMARTS) is 1. The fourth-order valence-electron chi connectivity index (χ4n) is 6.48. The number of ether oxygens (including phenoxy) is 1. The number of rotatable bonds is 10. The van der Waals surface area contributed by atoms with Gasteiger partial charge in [-0.1, -0.05) is 78.9 Å². The van der Waals surface area contributed by atoms with E-state index in [9.17, 15) is 37.9 Å². The highest BCUT2D eigenvalue weighted by Gasteiger charge is 2.46. The Bertz CT molecular complexity index is 1650. The van der Waals surface area contributed by atoms with E-state index in [-0.39, 0.29) is 57.2 Å². The first-order valence-electron chi connectivity index (χ1n) is 15.9. The quantitative estimate of drug-likeness (QED) is 0.336. The first-order valence-corrected chi connectivity index (χ1v) is 15.9. The van der Waals surface area contributed by atoms with E-state index in [0.717, 1.165) is 21.6 Å². The number of aliphatic carboxylic acids is 1. The fraction of sp³-hybridized carbons (Fsp3) is 0.361. The second-order valence-corrected chi connectivity index (χ2v) is 11.8. The average Bonchev–Trinajstić information content (AvgIpc) is 3.45. The molecule has 0 aromatic heterocycles. The molecule has 252 valence electrons. The normalized spacial score (nSPS) is 20.0. The zero-order valence-corrected chi connectivity index (χ0v) is 26.3. The Morgan fingerprint density at radius 2 is 1.23 bits per heavy atom. The van der Waals surface area contributed by atoms with Gasteiger partial charge in [-0.2, -0.15) is 0 Å². The van der Waals surface area contributed by atoms with E-state index in [4.69, 9.17) is 4.74 Å². The van der Waals surface area contributed by atoms with Crippen molar-refractivity contribution >= 4 is 29.8 Å². The van der Waals surface area contributed by atoms with E-state index in [2.05, 4.69) is 0 Å². The summed E-state index contributed by atoms with van der Waals surface area (Å²) in [5.41, 5.74) is 3.78. The van der Waals surface area contributed by atoms with Crippen LogP contribution in [0.4, 0.5) is 13.6 Å². The van der Waals surface area contributed by atoms with Crippen LogP contribution in [-0.2, 0) is 43.2 Å². The number of imide groups is 1. The molecule has 0 bridgehead atoms. The number of carbonyl (C=O) groups excluding carboxylic acids is 4. The number of carbonyl (C=O) groups is 5. The molecule has 10 nitrogen and oxygen atoms in total. The predicted octanol–water partition coefficient (Wildman–Crippen LogP) is 4.62. The summed E-state index contributed by atoms with van der Waals surface area (Å²) in [5.74, 6) is -2.07. The molecular formula is C36H37F2N3O7. The number of benzene rings is 3. The smallest absolute Gasteiger partial charge is 0.417 e. The van der Waals surface area contributed by atoms with E-state index in [1.54, 1.807) is 36.4 Å². The standard InChI is InChI=1S/C23H23FN2O4.C13H14FNO3/c24-11-6-12-25-20(27)14-17-9-4-5-10-19(17)21(25)22(28)26-18(15-30-23(26)29)13-16-7-2-1-3-8-16;14-6-3-7-15-11(16)8-9-4-1-2-5-10(9)12(15)13(17)18/h1-5,7-10,18,21H,6,11-15H2;1-2,4-5,12H,3,6-8H2,(H,17,18)/t18-,21-;12-/m00/s1. The van der Waals surface area contributed by atoms with E-state index in [1.165, 1.54) is 9.80 Å². The lowest BCUT2D eigenvalue weighted by Gasteiger charge is -2.38. The number of nitrogens with zero attached hydrogens (tertiary/aromatic N) is 3. The van der Waals surface area contributed by atoms with Gasteiger partial charge in [-0.05, 0) is 47.1 Å². The zero-order valence-electron chi connectivity index (χ0n) is 26.3. The van der Waals surface area contributed by atoms with Crippen molar-refractivity contribution in [1.82, 2.24) is 14.7 Å². The van der Waals surface area contributed by atoms with Crippen LogP contribution in [0.15, 0.2) is 78.9 Å². The van der Waals surface area contributed by atoms with Crippen LogP contribution in [0.3, 0.4) is 0 Å². The summed E-state index contributed by atoms with van der Waals surface area (Å²) in [4.78, 5) is 65.9. The van der Waals surface area contributed by atoms with Crippen molar-refractivity contribution in [2.45, 2.75) is 50.2 Å². The number of carboxylic acids is 1. The Balaban J connectivity index is 0.000000214. The third-order valence-electron chi connectivity index (χ3n) is 8.69. The number of cyclic esters (lactones) is 1. The van der Waals surface area contributed by atoms with Gasteiger partial charge in [0.2, 0.25) is 11.8 Å². The molecule has 4 amide bonds. The molecule has 48 heavy (non-hydrogen) atoms. The lowest BCUT2D eigenvalue weighted by atomic mass is 9.90. The molecule has 0 saturated carbocycles. The Labute approximate surface area is 276 Å². The van der Waals surface area contributed by atoms with Crippen molar-refractivity contribution in [2.24, 2.45) is 0 Å². The largest absolute Gasteiger partial charge is 0.479 e. The third-order valence-corrected chi connectivity index (χ3v) is 8.69. The first-order chi connectivity index (χ1) is 23.2. The van der Waals surface area contributed by atoms with Crippen molar-refractivity contribution in [3.05, 3.63) is 107 Å². The Morgan fingerprint density at radius 1 is 0.729 bits per heavy atom. The Hall–Kier alpha value is -5.13. The van der Waals surface area contributed by atoms with Crippen molar-refractivity contribution in [2.75, 3.05) is 33.0 Å². The van der Waals surface area contributed by atoms with Gasteiger partial charge in [0.1, 0.15) is 12.6 Å². The van der Waals surface area contributed by atoms with Gasteiger partial charge in [0.05, 0.1) is 32.2 Å². The molecule has 1 fully saturated rings. The average molecular weight is 662 g/mol. The van der Waals surface area contributed by atoms with E-state index < -0.39 is 49.4 Å². The van der Waals surface area contributed by atoms with Crippen LogP contribution in [-0.4, -0.2) is 88.7 Å². The van der Waals surface area contributed by atoms with Gasteiger partial charge in [-0.25, -0.2) is 14.5 Å².